The van der Waals surface area contributed by atoms with Crippen LogP contribution in [-0.4, -0.2) is 14.1 Å². The molecule has 0 aliphatic heterocycles. The molecule has 0 aliphatic carbocycles. The van der Waals surface area contributed by atoms with Crippen molar-refractivity contribution in [2.24, 2.45) is 5.84 Å². The topological polar surface area (TPSA) is 54.4 Å². The monoisotopic (exact) mass is 231 g/mol. The minimum absolute atomic E-state index is 0.0371. The largest absolute Gasteiger partial charge is 0.472 e. The zero-order valence-corrected chi connectivity index (χ0v) is 10.1. The van der Waals surface area contributed by atoms with Gasteiger partial charge >= 0.3 is 0 Å². The molecular weight excluding hydrogens is 214 g/mol. The van der Waals surface area contributed by atoms with E-state index in [1.54, 1.807) is 12.5 Å². The van der Waals surface area contributed by atoms with E-state index in [-0.39, 0.29) is 6.04 Å². The van der Waals surface area contributed by atoms with Crippen molar-refractivity contribution in [3.05, 3.63) is 54.0 Å². The lowest BCUT2D eigenvalue weighted by molar-refractivity contribution is 0.553. The summed E-state index contributed by atoms with van der Waals surface area (Å²) in [6, 6.07) is 10.1. The van der Waals surface area contributed by atoms with Crippen molar-refractivity contribution < 1.29 is 4.42 Å². The fraction of sp³-hybridized carbons (Fsp3) is 0.231. The maximum Gasteiger partial charge on any atom is 0.0954 e. The van der Waals surface area contributed by atoms with E-state index in [0.29, 0.717) is 0 Å². The minimum Gasteiger partial charge on any atom is -0.472 e. The van der Waals surface area contributed by atoms with E-state index < -0.39 is 0 Å². The van der Waals surface area contributed by atoms with Gasteiger partial charge in [-0.1, -0.05) is 12.1 Å². The third-order valence-electron chi connectivity index (χ3n) is 2.79. The van der Waals surface area contributed by atoms with Gasteiger partial charge in [-0.25, -0.2) is 5.43 Å². The van der Waals surface area contributed by atoms with Crippen molar-refractivity contribution in [3.63, 3.8) is 0 Å². The van der Waals surface area contributed by atoms with Crippen LogP contribution in [0.2, 0.25) is 0 Å². The number of nitrogens with zero attached hydrogens (tertiary/aromatic N) is 1. The Kier molecular flexibility index (Phi) is 3.46. The predicted molar refractivity (Wildman–Crippen MR) is 68.6 cm³/mol. The first-order valence-corrected chi connectivity index (χ1v) is 5.48. The Balaban J connectivity index is 2.26. The molecule has 1 atom stereocenters. The number of hydrazine groups is 1. The number of hydrogen-bond acceptors (Lipinski definition) is 4. The Morgan fingerprint density at radius 2 is 1.82 bits per heavy atom. The summed E-state index contributed by atoms with van der Waals surface area (Å²) in [5.74, 6) is 5.59. The number of nitrogens with one attached hydrogen (secondary N) is 1. The summed E-state index contributed by atoms with van der Waals surface area (Å²) < 4.78 is 5.08. The Bertz CT molecular complexity index is 448. The van der Waals surface area contributed by atoms with Crippen LogP contribution >= 0.6 is 0 Å². The standard InChI is InChI=1S/C13H17N3O/c1-16(2)12-5-3-10(4-6-12)13(15-14)11-7-8-17-9-11/h3-9,13,15H,14H2,1-2H3. The molecule has 0 amide bonds. The minimum atomic E-state index is -0.0371. The molecule has 0 saturated heterocycles. The highest BCUT2D eigenvalue weighted by Gasteiger charge is 2.13. The first-order chi connectivity index (χ1) is 8.22. The average molecular weight is 231 g/mol. The lowest BCUT2D eigenvalue weighted by Crippen LogP contribution is -2.28. The van der Waals surface area contributed by atoms with Gasteiger partial charge in [0.05, 0.1) is 18.6 Å². The van der Waals surface area contributed by atoms with E-state index in [0.717, 1.165) is 16.8 Å². The smallest absolute Gasteiger partial charge is 0.0954 e. The van der Waals surface area contributed by atoms with Crippen LogP contribution in [0.5, 0.6) is 0 Å². The lowest BCUT2D eigenvalue weighted by Gasteiger charge is -2.17. The van der Waals surface area contributed by atoms with Crippen LogP contribution in [0.15, 0.2) is 47.3 Å². The predicted octanol–water partition coefficient (Wildman–Crippen LogP) is 1.90. The van der Waals surface area contributed by atoms with Gasteiger partial charge in [0, 0.05) is 25.3 Å². The SMILES string of the molecule is CN(C)c1ccc(C(NN)c2ccoc2)cc1. The molecule has 1 heterocycles. The Hall–Kier alpha value is -1.78. The highest BCUT2D eigenvalue weighted by molar-refractivity contribution is 5.47. The fourth-order valence-electron chi connectivity index (χ4n) is 1.79. The van der Waals surface area contributed by atoms with E-state index in [1.165, 1.54) is 0 Å². The lowest BCUT2D eigenvalue weighted by atomic mass is 10.0. The van der Waals surface area contributed by atoms with Crippen molar-refractivity contribution in [2.45, 2.75) is 6.04 Å². The molecule has 4 heteroatoms. The van der Waals surface area contributed by atoms with Crippen LogP contribution < -0.4 is 16.2 Å². The number of hydrogen-bond donors (Lipinski definition) is 2. The van der Waals surface area contributed by atoms with Gasteiger partial charge in [0.25, 0.3) is 0 Å². The fourth-order valence-corrected chi connectivity index (χ4v) is 1.79. The molecule has 0 fully saturated rings. The second-order valence-corrected chi connectivity index (χ2v) is 4.14. The molecule has 0 saturated carbocycles. The average Bonchev–Trinajstić information content (AvgIpc) is 2.84. The molecule has 0 spiro atoms. The summed E-state index contributed by atoms with van der Waals surface area (Å²) in [5, 5.41) is 0. The van der Waals surface area contributed by atoms with Gasteiger partial charge in [-0.15, -0.1) is 0 Å². The van der Waals surface area contributed by atoms with Crippen molar-refractivity contribution >= 4 is 5.69 Å². The summed E-state index contributed by atoms with van der Waals surface area (Å²) in [6.07, 6.45) is 3.35. The van der Waals surface area contributed by atoms with Crippen LogP contribution in [0.4, 0.5) is 5.69 Å². The zero-order chi connectivity index (χ0) is 12.3. The first-order valence-electron chi connectivity index (χ1n) is 5.48. The number of furan rings is 1. The van der Waals surface area contributed by atoms with Gasteiger partial charge in [-0.3, -0.25) is 5.84 Å². The highest BCUT2D eigenvalue weighted by atomic mass is 16.3. The summed E-state index contributed by atoms with van der Waals surface area (Å²) in [7, 11) is 4.04. The third kappa shape index (κ3) is 2.49. The molecule has 0 bridgehead atoms. The van der Waals surface area contributed by atoms with E-state index in [2.05, 4.69) is 34.6 Å². The first kappa shape index (κ1) is 11.7. The molecule has 2 rings (SSSR count). The Morgan fingerprint density at radius 1 is 1.12 bits per heavy atom. The van der Waals surface area contributed by atoms with Crippen molar-refractivity contribution in [1.29, 1.82) is 0 Å². The summed E-state index contributed by atoms with van der Waals surface area (Å²) in [6.45, 7) is 0. The summed E-state index contributed by atoms with van der Waals surface area (Å²) in [5.41, 5.74) is 6.09. The van der Waals surface area contributed by atoms with Gasteiger partial charge in [-0.2, -0.15) is 0 Å². The van der Waals surface area contributed by atoms with Crippen molar-refractivity contribution in [1.82, 2.24) is 5.43 Å². The number of nitrogens with two attached hydrogens (primary N) is 1. The van der Waals surface area contributed by atoms with E-state index in [4.69, 9.17) is 10.3 Å². The van der Waals surface area contributed by atoms with Crippen molar-refractivity contribution in [3.8, 4) is 0 Å². The van der Waals surface area contributed by atoms with Gasteiger partial charge in [-0.05, 0) is 23.8 Å². The van der Waals surface area contributed by atoms with Crippen LogP contribution in [0.25, 0.3) is 0 Å². The maximum absolute atomic E-state index is 5.59. The van der Waals surface area contributed by atoms with Crippen LogP contribution in [0.3, 0.4) is 0 Å². The van der Waals surface area contributed by atoms with Crippen LogP contribution in [0.1, 0.15) is 17.2 Å². The molecule has 90 valence electrons. The van der Waals surface area contributed by atoms with Gasteiger partial charge < -0.3 is 9.32 Å². The molecular formula is C13H17N3O. The van der Waals surface area contributed by atoms with E-state index >= 15 is 0 Å². The van der Waals surface area contributed by atoms with Crippen LogP contribution in [0, 0.1) is 0 Å². The Labute approximate surface area is 101 Å². The van der Waals surface area contributed by atoms with Crippen LogP contribution in [-0.2, 0) is 0 Å². The quantitative estimate of drug-likeness (QED) is 0.623. The Morgan fingerprint density at radius 3 is 2.29 bits per heavy atom. The molecule has 4 nitrogen and oxygen atoms in total. The van der Waals surface area contributed by atoms with Crippen molar-refractivity contribution in [2.75, 3.05) is 19.0 Å². The zero-order valence-electron chi connectivity index (χ0n) is 10.1. The molecule has 0 radical (unpaired) electrons. The van der Waals surface area contributed by atoms with Gasteiger partial charge in [0.15, 0.2) is 0 Å². The molecule has 3 N–H and O–H groups in total. The number of benzene rings is 1. The van der Waals surface area contributed by atoms with Gasteiger partial charge in [0.1, 0.15) is 0 Å². The second-order valence-electron chi connectivity index (χ2n) is 4.14. The number of anilines is 1. The van der Waals surface area contributed by atoms with E-state index in [1.807, 2.05) is 20.2 Å². The second kappa shape index (κ2) is 5.03. The van der Waals surface area contributed by atoms with E-state index in [9.17, 15) is 0 Å². The summed E-state index contributed by atoms with van der Waals surface area (Å²) in [4.78, 5) is 2.06. The molecule has 2 aromatic rings. The van der Waals surface area contributed by atoms with Gasteiger partial charge in [0.2, 0.25) is 0 Å². The summed E-state index contributed by atoms with van der Waals surface area (Å²) >= 11 is 0. The molecule has 1 aromatic carbocycles. The highest BCUT2D eigenvalue weighted by Crippen LogP contribution is 2.23. The third-order valence-corrected chi connectivity index (χ3v) is 2.79. The molecule has 0 aliphatic rings. The molecule has 1 unspecified atom stereocenters. The molecule has 1 aromatic heterocycles. The number of rotatable bonds is 4. The maximum atomic E-state index is 5.59. The normalized spacial score (nSPS) is 12.4. The molecule has 17 heavy (non-hydrogen) atoms.